The van der Waals surface area contributed by atoms with Crippen LogP contribution in [0.25, 0.3) is 5.82 Å². The molecule has 0 aliphatic rings. The van der Waals surface area contributed by atoms with Gasteiger partial charge in [-0.3, -0.25) is 9.67 Å². The highest BCUT2D eigenvalue weighted by atomic mass is 15.3. The molecule has 0 bridgehead atoms. The molecular formula is C19H26N8. The highest BCUT2D eigenvalue weighted by molar-refractivity contribution is 5.79. The molecule has 0 aliphatic heterocycles. The van der Waals surface area contributed by atoms with E-state index in [-0.39, 0.29) is 0 Å². The first-order chi connectivity index (χ1) is 13.2. The van der Waals surface area contributed by atoms with E-state index >= 15 is 0 Å². The van der Waals surface area contributed by atoms with Crippen LogP contribution in [0.4, 0.5) is 0 Å². The van der Waals surface area contributed by atoms with Crippen molar-refractivity contribution in [3.8, 4) is 5.82 Å². The molecule has 3 rings (SSSR count). The predicted octanol–water partition coefficient (Wildman–Crippen LogP) is 1.84. The van der Waals surface area contributed by atoms with Gasteiger partial charge in [0.05, 0.1) is 5.69 Å². The lowest BCUT2D eigenvalue weighted by atomic mass is 10.2. The summed E-state index contributed by atoms with van der Waals surface area (Å²) in [6.07, 6.45) is 6.38. The van der Waals surface area contributed by atoms with Gasteiger partial charge in [0.2, 0.25) is 0 Å². The molecule has 0 fully saturated rings. The first kappa shape index (κ1) is 18.6. The van der Waals surface area contributed by atoms with Crippen LogP contribution in [0.1, 0.15) is 23.4 Å². The zero-order valence-corrected chi connectivity index (χ0v) is 16.1. The molecule has 8 heteroatoms. The standard InChI is InChI=1S/C19H26N8/c1-15-12-16(2)26(25-15)10-4-7-22-19(20-3)23-14-17-6-9-21-18(13-17)27-11-5-8-24-27/h5-6,8-9,11-13H,4,7,10,14H2,1-3H3,(H2,20,22,23). The Labute approximate surface area is 159 Å². The van der Waals surface area contributed by atoms with Crippen molar-refractivity contribution in [1.29, 1.82) is 0 Å². The predicted molar refractivity (Wildman–Crippen MR) is 106 cm³/mol. The molecule has 2 N–H and O–H groups in total. The zero-order chi connectivity index (χ0) is 19.1. The van der Waals surface area contributed by atoms with E-state index < -0.39 is 0 Å². The van der Waals surface area contributed by atoms with Crippen molar-refractivity contribution in [2.75, 3.05) is 13.6 Å². The molecule has 3 aromatic heterocycles. The molecule has 0 amide bonds. The van der Waals surface area contributed by atoms with Gasteiger partial charge in [-0.2, -0.15) is 10.2 Å². The summed E-state index contributed by atoms with van der Waals surface area (Å²) in [5, 5.41) is 15.4. The van der Waals surface area contributed by atoms with E-state index in [2.05, 4.69) is 43.8 Å². The van der Waals surface area contributed by atoms with Gasteiger partial charge in [0.15, 0.2) is 11.8 Å². The van der Waals surface area contributed by atoms with E-state index in [1.165, 1.54) is 5.69 Å². The fraction of sp³-hybridized carbons (Fsp3) is 0.368. The van der Waals surface area contributed by atoms with Gasteiger partial charge in [-0.1, -0.05) is 0 Å². The third kappa shape index (κ3) is 5.16. The monoisotopic (exact) mass is 366 g/mol. The number of hydrogen-bond donors (Lipinski definition) is 2. The second kappa shape index (κ2) is 8.98. The number of aliphatic imine (C=N–C) groups is 1. The lowest BCUT2D eigenvalue weighted by molar-refractivity contribution is 0.555. The highest BCUT2D eigenvalue weighted by Crippen LogP contribution is 2.06. The molecule has 27 heavy (non-hydrogen) atoms. The van der Waals surface area contributed by atoms with E-state index in [4.69, 9.17) is 0 Å². The average Bonchev–Trinajstić information content (AvgIpc) is 3.31. The Morgan fingerprint density at radius 3 is 2.78 bits per heavy atom. The average molecular weight is 366 g/mol. The van der Waals surface area contributed by atoms with Gasteiger partial charge in [0.1, 0.15) is 0 Å². The Kier molecular flexibility index (Phi) is 6.19. The van der Waals surface area contributed by atoms with Crippen molar-refractivity contribution < 1.29 is 0 Å². The Hall–Kier alpha value is -3.16. The molecule has 3 heterocycles. The molecule has 0 aromatic carbocycles. The maximum atomic E-state index is 4.48. The van der Waals surface area contributed by atoms with Crippen molar-refractivity contribution >= 4 is 5.96 Å². The SMILES string of the molecule is CN=C(NCCCn1nc(C)cc1C)NCc1ccnc(-n2cccn2)c1. The second-order valence-corrected chi connectivity index (χ2v) is 6.33. The van der Waals surface area contributed by atoms with Gasteiger partial charge in [-0.15, -0.1) is 0 Å². The quantitative estimate of drug-likeness (QED) is 0.379. The van der Waals surface area contributed by atoms with E-state index in [1.807, 2.05) is 36.0 Å². The van der Waals surface area contributed by atoms with Crippen molar-refractivity contribution in [2.45, 2.75) is 33.4 Å². The number of aryl methyl sites for hydroxylation is 3. The van der Waals surface area contributed by atoms with Crippen LogP contribution in [-0.4, -0.2) is 44.1 Å². The fourth-order valence-corrected chi connectivity index (χ4v) is 2.84. The maximum absolute atomic E-state index is 4.48. The van der Waals surface area contributed by atoms with E-state index in [0.29, 0.717) is 6.54 Å². The lowest BCUT2D eigenvalue weighted by Gasteiger charge is -2.12. The number of aromatic nitrogens is 5. The molecule has 0 aliphatic carbocycles. The number of rotatable bonds is 7. The van der Waals surface area contributed by atoms with E-state index in [0.717, 1.165) is 42.5 Å². The Morgan fingerprint density at radius 2 is 2.07 bits per heavy atom. The van der Waals surface area contributed by atoms with Gasteiger partial charge in [0, 0.05) is 51.0 Å². The summed E-state index contributed by atoms with van der Waals surface area (Å²) in [6.45, 7) is 6.48. The largest absolute Gasteiger partial charge is 0.356 e. The first-order valence-corrected chi connectivity index (χ1v) is 9.06. The Balaban J connectivity index is 1.45. The maximum Gasteiger partial charge on any atom is 0.191 e. The van der Waals surface area contributed by atoms with Gasteiger partial charge < -0.3 is 10.6 Å². The molecule has 8 nitrogen and oxygen atoms in total. The van der Waals surface area contributed by atoms with Crippen molar-refractivity contribution in [3.05, 3.63) is 59.8 Å². The highest BCUT2D eigenvalue weighted by Gasteiger charge is 2.03. The minimum atomic E-state index is 0.661. The number of nitrogens with one attached hydrogen (secondary N) is 2. The van der Waals surface area contributed by atoms with Crippen LogP contribution in [0, 0.1) is 13.8 Å². The smallest absolute Gasteiger partial charge is 0.191 e. The molecule has 0 saturated carbocycles. The minimum Gasteiger partial charge on any atom is -0.356 e. The van der Waals surface area contributed by atoms with Crippen LogP contribution in [0.3, 0.4) is 0 Å². The minimum absolute atomic E-state index is 0.661. The number of hydrogen-bond acceptors (Lipinski definition) is 4. The van der Waals surface area contributed by atoms with Crippen LogP contribution in [0.15, 0.2) is 47.8 Å². The van der Waals surface area contributed by atoms with E-state index in [1.54, 1.807) is 24.1 Å². The van der Waals surface area contributed by atoms with Crippen LogP contribution < -0.4 is 10.6 Å². The number of guanidine groups is 1. The summed E-state index contributed by atoms with van der Waals surface area (Å²) >= 11 is 0. The second-order valence-electron chi connectivity index (χ2n) is 6.33. The molecule has 0 unspecified atom stereocenters. The summed E-state index contributed by atoms with van der Waals surface area (Å²) in [4.78, 5) is 8.63. The van der Waals surface area contributed by atoms with Gasteiger partial charge in [-0.25, -0.2) is 9.67 Å². The molecule has 0 radical (unpaired) electrons. The fourth-order valence-electron chi connectivity index (χ4n) is 2.84. The van der Waals surface area contributed by atoms with Crippen LogP contribution >= 0.6 is 0 Å². The van der Waals surface area contributed by atoms with Crippen LogP contribution in [0.2, 0.25) is 0 Å². The molecule has 142 valence electrons. The van der Waals surface area contributed by atoms with Gasteiger partial charge in [0.25, 0.3) is 0 Å². The Morgan fingerprint density at radius 1 is 1.19 bits per heavy atom. The van der Waals surface area contributed by atoms with Crippen molar-refractivity contribution in [2.24, 2.45) is 4.99 Å². The van der Waals surface area contributed by atoms with Crippen molar-refractivity contribution in [1.82, 2.24) is 35.2 Å². The van der Waals surface area contributed by atoms with E-state index in [9.17, 15) is 0 Å². The summed E-state index contributed by atoms with van der Waals surface area (Å²) in [5.74, 6) is 1.58. The topological polar surface area (TPSA) is 85.0 Å². The zero-order valence-electron chi connectivity index (χ0n) is 16.1. The molecule has 0 spiro atoms. The summed E-state index contributed by atoms with van der Waals surface area (Å²) in [6, 6.07) is 7.97. The Bertz CT molecular complexity index is 879. The summed E-state index contributed by atoms with van der Waals surface area (Å²) in [5.41, 5.74) is 3.37. The molecule has 0 atom stereocenters. The third-order valence-corrected chi connectivity index (χ3v) is 4.18. The van der Waals surface area contributed by atoms with Crippen LogP contribution in [0.5, 0.6) is 0 Å². The third-order valence-electron chi connectivity index (χ3n) is 4.18. The summed E-state index contributed by atoms with van der Waals surface area (Å²) in [7, 11) is 1.78. The van der Waals surface area contributed by atoms with Crippen molar-refractivity contribution in [3.63, 3.8) is 0 Å². The number of nitrogens with zero attached hydrogens (tertiary/aromatic N) is 6. The molecule has 3 aromatic rings. The van der Waals surface area contributed by atoms with Gasteiger partial charge >= 0.3 is 0 Å². The summed E-state index contributed by atoms with van der Waals surface area (Å²) < 4.78 is 3.79. The molecule has 0 saturated heterocycles. The molecular weight excluding hydrogens is 340 g/mol. The first-order valence-electron chi connectivity index (χ1n) is 9.06. The lowest BCUT2D eigenvalue weighted by Crippen LogP contribution is -2.37. The normalized spacial score (nSPS) is 11.6. The van der Waals surface area contributed by atoms with Crippen LogP contribution in [-0.2, 0) is 13.1 Å². The van der Waals surface area contributed by atoms with Gasteiger partial charge in [-0.05, 0) is 50.1 Å². The number of pyridine rings is 1.